The monoisotopic (exact) mass is 226 g/mol. The zero-order chi connectivity index (χ0) is 11.2. The van der Waals surface area contributed by atoms with Crippen molar-refractivity contribution < 1.29 is 20.4 Å². The Balaban J connectivity index is 3.04. The zero-order valence-electron chi connectivity index (χ0n) is 7.40. The molecule has 0 atom stereocenters. The van der Waals surface area contributed by atoms with Gasteiger partial charge in [0.1, 0.15) is 28.0 Å². The molecule has 0 fully saturated rings. The summed E-state index contributed by atoms with van der Waals surface area (Å²) in [6.45, 7) is 0. The van der Waals surface area contributed by atoms with Gasteiger partial charge in [0.2, 0.25) is 0 Å². The van der Waals surface area contributed by atoms with E-state index in [9.17, 15) is 20.4 Å². The van der Waals surface area contributed by atoms with Gasteiger partial charge in [0.05, 0.1) is 5.39 Å². The first kappa shape index (κ1) is 9.73. The predicted molar refractivity (Wildman–Crippen MR) is 55.6 cm³/mol. The SMILES string of the molecule is Oc1cc2c(O)ccc(O)c2c(O)c1Cl. The van der Waals surface area contributed by atoms with Gasteiger partial charge >= 0.3 is 0 Å². The molecule has 0 bridgehead atoms. The van der Waals surface area contributed by atoms with E-state index >= 15 is 0 Å². The molecule has 0 saturated heterocycles. The minimum Gasteiger partial charge on any atom is -0.507 e. The molecule has 0 aliphatic heterocycles. The molecule has 2 rings (SSSR count). The summed E-state index contributed by atoms with van der Waals surface area (Å²) in [5.41, 5.74) is 0. The Morgan fingerprint density at radius 1 is 0.867 bits per heavy atom. The van der Waals surface area contributed by atoms with Gasteiger partial charge in [-0.1, -0.05) is 11.6 Å². The molecule has 2 aromatic carbocycles. The second-order valence-electron chi connectivity index (χ2n) is 3.08. The molecule has 0 aromatic heterocycles. The topological polar surface area (TPSA) is 80.9 Å². The molecule has 0 heterocycles. The highest BCUT2D eigenvalue weighted by atomic mass is 35.5. The number of phenolic OH excluding ortho intramolecular Hbond substituents is 4. The molecule has 0 amide bonds. The molecule has 15 heavy (non-hydrogen) atoms. The van der Waals surface area contributed by atoms with E-state index in [-0.39, 0.29) is 33.0 Å². The lowest BCUT2D eigenvalue weighted by atomic mass is 10.1. The molecule has 0 saturated carbocycles. The van der Waals surface area contributed by atoms with E-state index < -0.39 is 5.75 Å². The molecule has 0 spiro atoms. The third-order valence-corrected chi connectivity index (χ3v) is 2.52. The van der Waals surface area contributed by atoms with Crippen molar-refractivity contribution in [3.05, 3.63) is 23.2 Å². The number of phenols is 4. The van der Waals surface area contributed by atoms with Crippen LogP contribution in [0, 0.1) is 0 Å². The minimum absolute atomic E-state index is 0.0119. The quantitative estimate of drug-likeness (QED) is 0.520. The summed E-state index contributed by atoms with van der Waals surface area (Å²) < 4.78 is 0. The lowest BCUT2D eigenvalue weighted by Crippen LogP contribution is -1.79. The van der Waals surface area contributed by atoms with Crippen molar-refractivity contribution in [1.29, 1.82) is 0 Å². The van der Waals surface area contributed by atoms with Crippen molar-refractivity contribution in [2.75, 3.05) is 0 Å². The summed E-state index contributed by atoms with van der Waals surface area (Å²) >= 11 is 5.59. The first-order valence-electron chi connectivity index (χ1n) is 4.07. The number of rotatable bonds is 0. The van der Waals surface area contributed by atoms with Gasteiger partial charge in [0, 0.05) is 5.39 Å². The fraction of sp³-hybridized carbons (Fsp3) is 0. The number of hydrogen-bond donors (Lipinski definition) is 4. The van der Waals surface area contributed by atoms with E-state index in [0.717, 1.165) is 0 Å². The van der Waals surface area contributed by atoms with Gasteiger partial charge in [-0.3, -0.25) is 0 Å². The van der Waals surface area contributed by atoms with E-state index in [4.69, 9.17) is 11.6 Å². The molecule has 0 aliphatic carbocycles. The maximum atomic E-state index is 9.58. The first-order valence-corrected chi connectivity index (χ1v) is 4.45. The first-order chi connectivity index (χ1) is 7.02. The van der Waals surface area contributed by atoms with Crippen LogP contribution in [0.15, 0.2) is 18.2 Å². The normalized spacial score (nSPS) is 10.7. The number of fused-ring (bicyclic) bond motifs is 1. The van der Waals surface area contributed by atoms with Crippen LogP contribution in [0.1, 0.15) is 0 Å². The second kappa shape index (κ2) is 3.10. The summed E-state index contributed by atoms with van der Waals surface area (Å²) in [4.78, 5) is 0. The van der Waals surface area contributed by atoms with Crippen molar-refractivity contribution in [1.82, 2.24) is 0 Å². The Morgan fingerprint density at radius 2 is 1.47 bits per heavy atom. The maximum absolute atomic E-state index is 9.58. The van der Waals surface area contributed by atoms with Gasteiger partial charge in [-0.15, -0.1) is 0 Å². The minimum atomic E-state index is -0.458. The smallest absolute Gasteiger partial charge is 0.149 e. The van der Waals surface area contributed by atoms with Gasteiger partial charge < -0.3 is 20.4 Å². The Morgan fingerprint density at radius 3 is 2.13 bits per heavy atom. The number of aromatic hydroxyl groups is 4. The van der Waals surface area contributed by atoms with Crippen LogP contribution < -0.4 is 0 Å². The molecule has 4 N–H and O–H groups in total. The highest BCUT2D eigenvalue weighted by Gasteiger charge is 2.15. The molecule has 4 nitrogen and oxygen atoms in total. The average molecular weight is 227 g/mol. The second-order valence-corrected chi connectivity index (χ2v) is 3.46. The van der Waals surface area contributed by atoms with Crippen molar-refractivity contribution in [3.63, 3.8) is 0 Å². The van der Waals surface area contributed by atoms with Crippen LogP contribution in [-0.4, -0.2) is 20.4 Å². The van der Waals surface area contributed by atoms with Crippen LogP contribution >= 0.6 is 11.6 Å². The lowest BCUT2D eigenvalue weighted by molar-refractivity contribution is 0.445. The lowest BCUT2D eigenvalue weighted by Gasteiger charge is -2.08. The van der Waals surface area contributed by atoms with Crippen LogP contribution in [-0.2, 0) is 0 Å². The van der Waals surface area contributed by atoms with E-state index in [0.29, 0.717) is 0 Å². The molecule has 0 radical (unpaired) electrons. The van der Waals surface area contributed by atoms with Crippen molar-refractivity contribution in [2.24, 2.45) is 0 Å². The van der Waals surface area contributed by atoms with E-state index in [1.54, 1.807) is 0 Å². The largest absolute Gasteiger partial charge is 0.507 e. The Hall–Kier alpha value is -1.81. The molecular formula is C10H7ClO4. The molecule has 2 aromatic rings. The van der Waals surface area contributed by atoms with Gasteiger partial charge in [0.15, 0.2) is 0 Å². The zero-order valence-corrected chi connectivity index (χ0v) is 8.15. The van der Waals surface area contributed by atoms with Crippen molar-refractivity contribution in [3.8, 4) is 23.0 Å². The van der Waals surface area contributed by atoms with Crippen LogP contribution in [0.25, 0.3) is 10.8 Å². The molecule has 0 aliphatic rings. The fourth-order valence-electron chi connectivity index (χ4n) is 1.42. The molecule has 78 valence electrons. The van der Waals surface area contributed by atoms with Gasteiger partial charge in [-0.05, 0) is 18.2 Å². The number of hydrogen-bond acceptors (Lipinski definition) is 4. The summed E-state index contributed by atoms with van der Waals surface area (Å²) in [5, 5.41) is 37.7. The van der Waals surface area contributed by atoms with Gasteiger partial charge in [-0.2, -0.15) is 0 Å². The van der Waals surface area contributed by atoms with Crippen LogP contribution in [0.4, 0.5) is 0 Å². The Bertz CT molecular complexity index is 551. The standard InChI is InChI=1S/C10H7ClO4/c11-9-7(14)3-4-5(12)1-2-6(13)8(4)10(9)15/h1-3,12-15H. The Kier molecular flexibility index (Phi) is 2.01. The van der Waals surface area contributed by atoms with Crippen molar-refractivity contribution in [2.45, 2.75) is 0 Å². The van der Waals surface area contributed by atoms with Gasteiger partial charge in [0.25, 0.3) is 0 Å². The Labute approximate surface area is 89.6 Å². The third kappa shape index (κ3) is 1.30. The van der Waals surface area contributed by atoms with Crippen LogP contribution in [0.2, 0.25) is 5.02 Å². The number of benzene rings is 2. The summed E-state index contributed by atoms with van der Waals surface area (Å²) in [6, 6.07) is 3.65. The summed E-state index contributed by atoms with van der Waals surface area (Å²) in [5.74, 6) is -1.20. The fourth-order valence-corrected chi connectivity index (χ4v) is 1.57. The van der Waals surface area contributed by atoms with Crippen LogP contribution in [0.3, 0.4) is 0 Å². The van der Waals surface area contributed by atoms with Crippen LogP contribution in [0.5, 0.6) is 23.0 Å². The third-order valence-electron chi connectivity index (χ3n) is 2.15. The van der Waals surface area contributed by atoms with Gasteiger partial charge in [-0.25, -0.2) is 0 Å². The molecular weight excluding hydrogens is 220 g/mol. The molecule has 5 heteroatoms. The van der Waals surface area contributed by atoms with Crippen molar-refractivity contribution >= 4 is 22.4 Å². The van der Waals surface area contributed by atoms with E-state index in [1.807, 2.05) is 0 Å². The average Bonchev–Trinajstić information content (AvgIpc) is 2.20. The maximum Gasteiger partial charge on any atom is 0.149 e. The van der Waals surface area contributed by atoms with E-state index in [1.165, 1.54) is 18.2 Å². The predicted octanol–water partition coefficient (Wildman–Crippen LogP) is 2.32. The highest BCUT2D eigenvalue weighted by Crippen LogP contribution is 2.45. The summed E-state index contributed by atoms with van der Waals surface area (Å²) in [7, 11) is 0. The molecule has 0 unspecified atom stereocenters. The highest BCUT2D eigenvalue weighted by molar-refractivity contribution is 6.35. The van der Waals surface area contributed by atoms with E-state index in [2.05, 4.69) is 0 Å². The number of halogens is 1. The summed E-state index contributed by atoms with van der Waals surface area (Å²) in [6.07, 6.45) is 0.